The van der Waals surface area contributed by atoms with Crippen molar-refractivity contribution in [2.24, 2.45) is 17.8 Å². The predicted molar refractivity (Wildman–Crippen MR) is 57.2 cm³/mol. The van der Waals surface area contributed by atoms with E-state index in [1.165, 1.54) is 19.3 Å². The lowest BCUT2D eigenvalue weighted by molar-refractivity contribution is 0.269. The minimum absolute atomic E-state index is 0.727. The van der Waals surface area contributed by atoms with Gasteiger partial charge in [-0.25, -0.2) is 0 Å². The molecule has 12 heavy (non-hydrogen) atoms. The lowest BCUT2D eigenvalue weighted by atomic mass is 9.79. The van der Waals surface area contributed by atoms with Crippen LogP contribution in [0.1, 0.15) is 47.0 Å². The molecule has 0 rings (SSSR count). The van der Waals surface area contributed by atoms with Crippen molar-refractivity contribution in [2.75, 3.05) is 0 Å². The van der Waals surface area contributed by atoms with Crippen molar-refractivity contribution < 1.29 is 0 Å². The van der Waals surface area contributed by atoms with Crippen LogP contribution in [0.5, 0.6) is 0 Å². The molecule has 0 aromatic heterocycles. The maximum absolute atomic E-state index is 3.92. The van der Waals surface area contributed by atoms with E-state index in [0.717, 1.165) is 17.8 Å². The second-order valence-corrected chi connectivity index (χ2v) is 4.00. The van der Waals surface area contributed by atoms with Crippen molar-refractivity contribution in [3.05, 3.63) is 12.7 Å². The first-order valence-electron chi connectivity index (χ1n) is 5.29. The van der Waals surface area contributed by atoms with Crippen LogP contribution >= 0.6 is 0 Å². The highest BCUT2D eigenvalue weighted by atomic mass is 14.2. The summed E-state index contributed by atoms with van der Waals surface area (Å²) in [5.41, 5.74) is 0. The summed E-state index contributed by atoms with van der Waals surface area (Å²) in [7, 11) is 0. The Morgan fingerprint density at radius 2 is 1.83 bits per heavy atom. The van der Waals surface area contributed by atoms with Crippen LogP contribution in [0.4, 0.5) is 0 Å². The molecule has 0 saturated carbocycles. The van der Waals surface area contributed by atoms with Crippen LogP contribution < -0.4 is 0 Å². The molecular weight excluding hydrogens is 144 g/mol. The first-order chi connectivity index (χ1) is 5.67. The Labute approximate surface area is 78.1 Å². The van der Waals surface area contributed by atoms with E-state index in [-0.39, 0.29) is 0 Å². The molecule has 0 aliphatic rings. The van der Waals surface area contributed by atoms with E-state index in [1.54, 1.807) is 0 Å². The van der Waals surface area contributed by atoms with E-state index in [1.807, 2.05) is 0 Å². The highest BCUT2D eigenvalue weighted by molar-refractivity contribution is 4.84. The van der Waals surface area contributed by atoms with Crippen molar-refractivity contribution in [1.82, 2.24) is 0 Å². The second-order valence-electron chi connectivity index (χ2n) is 4.00. The van der Waals surface area contributed by atoms with E-state index >= 15 is 0 Å². The zero-order valence-corrected chi connectivity index (χ0v) is 9.14. The molecule has 0 aromatic rings. The summed E-state index contributed by atoms with van der Waals surface area (Å²) in [6.45, 7) is 13.1. The third-order valence-electron chi connectivity index (χ3n) is 2.80. The Hall–Kier alpha value is -0.260. The molecule has 0 amide bonds. The van der Waals surface area contributed by atoms with E-state index in [4.69, 9.17) is 0 Å². The monoisotopic (exact) mass is 168 g/mol. The van der Waals surface area contributed by atoms with Crippen molar-refractivity contribution in [2.45, 2.75) is 47.0 Å². The molecule has 0 fully saturated rings. The molecule has 0 radical (unpaired) electrons. The molecule has 0 nitrogen and oxygen atoms in total. The van der Waals surface area contributed by atoms with Gasteiger partial charge in [0.25, 0.3) is 0 Å². The van der Waals surface area contributed by atoms with Crippen LogP contribution in [0.2, 0.25) is 0 Å². The molecule has 0 bridgehead atoms. The molecule has 0 aliphatic carbocycles. The highest BCUT2D eigenvalue weighted by Gasteiger charge is 2.19. The minimum atomic E-state index is 0.727. The summed E-state index contributed by atoms with van der Waals surface area (Å²) in [6, 6.07) is 0. The standard InChI is InChI=1S/C12H24/c1-6-9-12(10(4)5)11(7-2)8-3/h7,10-12H,2,6,8-9H2,1,3-5H3. The number of rotatable bonds is 6. The van der Waals surface area contributed by atoms with E-state index < -0.39 is 0 Å². The van der Waals surface area contributed by atoms with Gasteiger partial charge in [-0.15, -0.1) is 6.58 Å². The summed E-state index contributed by atoms with van der Waals surface area (Å²) in [6.07, 6.45) is 6.03. The lowest BCUT2D eigenvalue weighted by Crippen LogP contribution is -2.17. The normalized spacial score (nSPS) is 16.1. The fourth-order valence-electron chi connectivity index (χ4n) is 2.02. The molecule has 2 atom stereocenters. The molecule has 0 aromatic carbocycles. The Morgan fingerprint density at radius 3 is 2.08 bits per heavy atom. The SMILES string of the molecule is C=CC(CC)C(CCC)C(C)C. The lowest BCUT2D eigenvalue weighted by Gasteiger charge is -2.26. The topological polar surface area (TPSA) is 0 Å². The average Bonchev–Trinajstić information content (AvgIpc) is 2.05. The molecule has 0 N–H and O–H groups in total. The predicted octanol–water partition coefficient (Wildman–Crippen LogP) is 4.27. The van der Waals surface area contributed by atoms with Crippen LogP contribution in [0.3, 0.4) is 0 Å². The highest BCUT2D eigenvalue weighted by Crippen LogP contribution is 2.28. The maximum atomic E-state index is 3.92. The average molecular weight is 168 g/mol. The molecule has 0 spiro atoms. The van der Waals surface area contributed by atoms with Gasteiger partial charge in [0, 0.05) is 0 Å². The van der Waals surface area contributed by atoms with Gasteiger partial charge in [0.05, 0.1) is 0 Å². The van der Waals surface area contributed by atoms with Gasteiger partial charge in [-0.3, -0.25) is 0 Å². The van der Waals surface area contributed by atoms with E-state index in [2.05, 4.69) is 40.3 Å². The molecule has 0 heterocycles. The molecule has 0 aliphatic heterocycles. The number of hydrogen-bond acceptors (Lipinski definition) is 0. The zero-order valence-electron chi connectivity index (χ0n) is 9.14. The van der Waals surface area contributed by atoms with Gasteiger partial charge in [-0.05, 0) is 30.6 Å². The summed E-state index contributed by atoms with van der Waals surface area (Å²) in [5, 5.41) is 0. The minimum Gasteiger partial charge on any atom is -0.103 e. The fraction of sp³-hybridized carbons (Fsp3) is 0.833. The number of hydrogen-bond donors (Lipinski definition) is 0. The van der Waals surface area contributed by atoms with Crippen LogP contribution in [-0.4, -0.2) is 0 Å². The molecule has 72 valence electrons. The largest absolute Gasteiger partial charge is 0.103 e. The van der Waals surface area contributed by atoms with E-state index in [9.17, 15) is 0 Å². The smallest absolute Gasteiger partial charge is 0.0208 e. The van der Waals surface area contributed by atoms with Crippen molar-refractivity contribution in [3.8, 4) is 0 Å². The van der Waals surface area contributed by atoms with Gasteiger partial charge < -0.3 is 0 Å². The first kappa shape index (κ1) is 11.7. The summed E-state index contributed by atoms with van der Waals surface area (Å²) in [5.74, 6) is 2.37. The van der Waals surface area contributed by atoms with Crippen molar-refractivity contribution >= 4 is 0 Å². The maximum Gasteiger partial charge on any atom is -0.0208 e. The van der Waals surface area contributed by atoms with Crippen LogP contribution in [0.15, 0.2) is 12.7 Å². The van der Waals surface area contributed by atoms with E-state index in [0.29, 0.717) is 0 Å². The van der Waals surface area contributed by atoms with Crippen LogP contribution in [0.25, 0.3) is 0 Å². The van der Waals surface area contributed by atoms with Gasteiger partial charge in [-0.1, -0.05) is 40.2 Å². The quantitative estimate of drug-likeness (QED) is 0.519. The van der Waals surface area contributed by atoms with Gasteiger partial charge in [0.15, 0.2) is 0 Å². The van der Waals surface area contributed by atoms with Gasteiger partial charge in [-0.2, -0.15) is 0 Å². The Balaban J connectivity index is 4.14. The van der Waals surface area contributed by atoms with Crippen molar-refractivity contribution in [3.63, 3.8) is 0 Å². The van der Waals surface area contributed by atoms with Gasteiger partial charge >= 0.3 is 0 Å². The third-order valence-corrected chi connectivity index (χ3v) is 2.80. The molecular formula is C12H24. The Kier molecular flexibility index (Phi) is 6.14. The molecule has 2 unspecified atom stereocenters. The molecule has 0 saturated heterocycles. The first-order valence-corrected chi connectivity index (χ1v) is 5.29. The molecule has 0 heteroatoms. The summed E-state index contributed by atoms with van der Waals surface area (Å²) < 4.78 is 0. The van der Waals surface area contributed by atoms with Crippen LogP contribution in [-0.2, 0) is 0 Å². The zero-order chi connectivity index (χ0) is 9.56. The van der Waals surface area contributed by atoms with Crippen molar-refractivity contribution in [1.29, 1.82) is 0 Å². The number of allylic oxidation sites excluding steroid dienone is 1. The summed E-state index contributed by atoms with van der Waals surface area (Å²) in [4.78, 5) is 0. The van der Waals surface area contributed by atoms with Gasteiger partial charge in [0.2, 0.25) is 0 Å². The summed E-state index contributed by atoms with van der Waals surface area (Å²) >= 11 is 0. The van der Waals surface area contributed by atoms with Gasteiger partial charge in [0.1, 0.15) is 0 Å². The van der Waals surface area contributed by atoms with Crippen LogP contribution in [0, 0.1) is 17.8 Å². The Bertz CT molecular complexity index is 113. The second kappa shape index (κ2) is 6.28. The third kappa shape index (κ3) is 3.42. The fourth-order valence-corrected chi connectivity index (χ4v) is 2.02. The Morgan fingerprint density at radius 1 is 1.25 bits per heavy atom.